The lowest BCUT2D eigenvalue weighted by atomic mass is 10.4. The van der Waals surface area contributed by atoms with Crippen LogP contribution in [0.25, 0.3) is 0 Å². The molecule has 23 heavy (non-hydrogen) atoms. The molecule has 128 valence electrons. The first-order valence-electron chi connectivity index (χ1n) is 5.87. The van der Waals surface area contributed by atoms with E-state index in [4.69, 9.17) is 0 Å². The highest BCUT2D eigenvalue weighted by molar-refractivity contribution is 7.47. The minimum atomic E-state index is -4.80. The molecule has 10 nitrogen and oxygen atoms in total. The van der Waals surface area contributed by atoms with E-state index in [2.05, 4.69) is 31.7 Å². The van der Waals surface area contributed by atoms with Crippen molar-refractivity contribution < 1.29 is 47.2 Å². The van der Waals surface area contributed by atoms with Crippen molar-refractivity contribution >= 4 is 31.7 Å². The van der Waals surface area contributed by atoms with E-state index in [1.165, 1.54) is 13.8 Å². The predicted octanol–water partition coefficient (Wildman–Crippen LogP) is 0.412. The largest absolute Gasteiger partial charge is 0.473 e. The summed E-state index contributed by atoms with van der Waals surface area (Å²) in [6, 6.07) is 0. The van der Waals surface area contributed by atoms with Gasteiger partial charge in [-0.25, -0.2) is 23.7 Å². The lowest BCUT2D eigenvalue weighted by Crippen LogP contribution is -2.19. The molecule has 0 saturated carbocycles. The normalized spacial score (nSPS) is 10.6. The monoisotopic (exact) mass is 350 g/mol. The maximum Gasteiger partial charge on any atom is 0.473 e. The summed E-state index contributed by atoms with van der Waals surface area (Å²) < 4.78 is 28.1. The first kappa shape index (κ1) is 20.9. The third kappa shape index (κ3) is 9.48. The standard InChI is InChI=1S/C12H15O10P/c1-7(2)11(15)21-9(13)5-19-23(17,18)20-6-10(14)22-12(16)8(3)4/h1,3,5-6H2,2,4H3,(H,17,18). The van der Waals surface area contributed by atoms with Crippen molar-refractivity contribution in [3.63, 3.8) is 0 Å². The van der Waals surface area contributed by atoms with E-state index in [1.807, 2.05) is 0 Å². The van der Waals surface area contributed by atoms with E-state index in [-0.39, 0.29) is 11.1 Å². The molecule has 0 aliphatic carbocycles. The van der Waals surface area contributed by atoms with Crippen molar-refractivity contribution in [2.45, 2.75) is 13.8 Å². The Balaban J connectivity index is 4.26. The third-order valence-electron chi connectivity index (χ3n) is 1.80. The molecule has 0 rings (SSSR count). The maximum absolute atomic E-state index is 11.4. The van der Waals surface area contributed by atoms with Crippen LogP contribution in [0.1, 0.15) is 13.8 Å². The van der Waals surface area contributed by atoms with Gasteiger partial charge in [-0.15, -0.1) is 0 Å². The number of ether oxygens (including phenoxy) is 2. The number of rotatable bonds is 8. The molecule has 0 aromatic rings. The fourth-order valence-corrected chi connectivity index (χ4v) is 1.36. The Kier molecular flexibility index (Phi) is 8.27. The molecule has 0 aliphatic rings. The molecule has 0 spiro atoms. The summed E-state index contributed by atoms with van der Waals surface area (Å²) >= 11 is 0. The van der Waals surface area contributed by atoms with Crippen LogP contribution in [-0.2, 0) is 42.3 Å². The Morgan fingerprint density at radius 2 is 1.17 bits per heavy atom. The fourth-order valence-electron chi connectivity index (χ4n) is 0.746. The van der Waals surface area contributed by atoms with Crippen LogP contribution in [0.5, 0.6) is 0 Å². The summed E-state index contributed by atoms with van der Waals surface area (Å²) in [4.78, 5) is 53.4. The molecule has 0 radical (unpaired) electrons. The Morgan fingerprint density at radius 3 is 1.43 bits per heavy atom. The average Bonchev–Trinajstić information content (AvgIpc) is 2.43. The number of carbonyl (C=O) groups is 4. The van der Waals surface area contributed by atoms with Crippen LogP contribution in [0.4, 0.5) is 0 Å². The van der Waals surface area contributed by atoms with Gasteiger partial charge in [0.1, 0.15) is 0 Å². The highest BCUT2D eigenvalue weighted by atomic mass is 31.2. The Hall–Kier alpha value is -2.13. The summed E-state index contributed by atoms with van der Waals surface area (Å²) in [5.41, 5.74) is -0.126. The van der Waals surface area contributed by atoms with E-state index in [9.17, 15) is 28.6 Å². The summed E-state index contributed by atoms with van der Waals surface area (Å²) in [5, 5.41) is 0. The molecule has 0 aromatic heterocycles. The zero-order valence-electron chi connectivity index (χ0n) is 12.4. The fraction of sp³-hybridized carbons (Fsp3) is 0.333. The number of phosphoric ester groups is 1. The molecule has 0 heterocycles. The van der Waals surface area contributed by atoms with Crippen LogP contribution < -0.4 is 0 Å². The van der Waals surface area contributed by atoms with E-state index in [0.717, 1.165) is 0 Å². The van der Waals surface area contributed by atoms with Gasteiger partial charge >= 0.3 is 31.7 Å². The third-order valence-corrected chi connectivity index (χ3v) is 2.71. The van der Waals surface area contributed by atoms with Crippen LogP contribution in [0, 0.1) is 0 Å². The Labute approximate surface area is 131 Å². The van der Waals surface area contributed by atoms with Gasteiger partial charge in [0.2, 0.25) is 0 Å². The van der Waals surface area contributed by atoms with Gasteiger partial charge in [-0.1, -0.05) is 13.2 Å². The summed E-state index contributed by atoms with van der Waals surface area (Å²) in [7, 11) is -4.80. The smallest absolute Gasteiger partial charge is 0.388 e. The SMILES string of the molecule is C=C(C)C(=O)OC(=O)COP(=O)(O)OCC(=O)OC(=O)C(=C)C. The molecular weight excluding hydrogens is 335 g/mol. The molecule has 0 atom stereocenters. The second kappa shape index (κ2) is 9.11. The van der Waals surface area contributed by atoms with Crippen LogP contribution in [0.3, 0.4) is 0 Å². The van der Waals surface area contributed by atoms with Crippen molar-refractivity contribution in [2.75, 3.05) is 13.2 Å². The van der Waals surface area contributed by atoms with Crippen LogP contribution in [0.2, 0.25) is 0 Å². The quantitative estimate of drug-likeness (QED) is 0.283. The predicted molar refractivity (Wildman–Crippen MR) is 73.6 cm³/mol. The lowest BCUT2D eigenvalue weighted by molar-refractivity contribution is -0.159. The van der Waals surface area contributed by atoms with Crippen molar-refractivity contribution in [2.24, 2.45) is 0 Å². The number of hydrogen-bond acceptors (Lipinski definition) is 9. The van der Waals surface area contributed by atoms with Crippen LogP contribution >= 0.6 is 7.82 Å². The summed E-state index contributed by atoms with van der Waals surface area (Å²) in [5.74, 6) is -4.60. The highest BCUT2D eigenvalue weighted by Crippen LogP contribution is 2.42. The first-order chi connectivity index (χ1) is 10.4. The Bertz CT molecular complexity index is 543. The zero-order chi connectivity index (χ0) is 18.2. The van der Waals surface area contributed by atoms with Gasteiger partial charge in [0, 0.05) is 11.1 Å². The lowest BCUT2D eigenvalue weighted by Gasteiger charge is -2.11. The van der Waals surface area contributed by atoms with Crippen molar-refractivity contribution in [1.29, 1.82) is 0 Å². The molecule has 0 fully saturated rings. The molecule has 11 heteroatoms. The second-order valence-electron chi connectivity index (χ2n) is 4.10. The zero-order valence-corrected chi connectivity index (χ0v) is 13.3. The highest BCUT2D eigenvalue weighted by Gasteiger charge is 2.26. The summed E-state index contributed by atoms with van der Waals surface area (Å²) in [6.07, 6.45) is 0. The van der Waals surface area contributed by atoms with E-state index < -0.39 is 44.9 Å². The number of phosphoric acid groups is 1. The topological polar surface area (TPSA) is 143 Å². The molecule has 0 aliphatic heterocycles. The maximum atomic E-state index is 11.4. The van der Waals surface area contributed by atoms with Gasteiger partial charge in [-0.3, -0.25) is 9.05 Å². The van der Waals surface area contributed by atoms with E-state index in [0.29, 0.717) is 0 Å². The minimum absolute atomic E-state index is 0.0632. The number of hydrogen-bond donors (Lipinski definition) is 1. The Morgan fingerprint density at radius 1 is 0.870 bits per heavy atom. The van der Waals surface area contributed by atoms with Gasteiger partial charge < -0.3 is 14.4 Å². The van der Waals surface area contributed by atoms with Gasteiger partial charge in [0.15, 0.2) is 13.2 Å². The van der Waals surface area contributed by atoms with Gasteiger partial charge in [0.25, 0.3) is 0 Å². The molecule has 0 unspecified atom stereocenters. The van der Waals surface area contributed by atoms with Crippen molar-refractivity contribution in [3.8, 4) is 0 Å². The first-order valence-corrected chi connectivity index (χ1v) is 7.37. The van der Waals surface area contributed by atoms with E-state index >= 15 is 0 Å². The van der Waals surface area contributed by atoms with Gasteiger partial charge in [-0.2, -0.15) is 0 Å². The van der Waals surface area contributed by atoms with Gasteiger partial charge in [-0.05, 0) is 13.8 Å². The molecule has 0 bridgehead atoms. The average molecular weight is 350 g/mol. The van der Waals surface area contributed by atoms with Crippen molar-refractivity contribution in [3.05, 3.63) is 24.3 Å². The molecular formula is C12H15O10P. The number of esters is 4. The molecule has 0 saturated heterocycles. The molecule has 0 aromatic carbocycles. The minimum Gasteiger partial charge on any atom is -0.388 e. The second-order valence-corrected chi connectivity index (χ2v) is 5.55. The summed E-state index contributed by atoms with van der Waals surface area (Å²) in [6.45, 7) is 6.83. The number of carbonyl (C=O) groups excluding carboxylic acids is 4. The van der Waals surface area contributed by atoms with Crippen LogP contribution in [-0.4, -0.2) is 42.0 Å². The van der Waals surface area contributed by atoms with E-state index in [1.54, 1.807) is 0 Å². The molecule has 0 amide bonds. The van der Waals surface area contributed by atoms with Crippen molar-refractivity contribution in [1.82, 2.24) is 0 Å². The molecule has 1 N–H and O–H groups in total. The van der Waals surface area contributed by atoms with Gasteiger partial charge in [0.05, 0.1) is 0 Å². The van der Waals surface area contributed by atoms with Crippen LogP contribution in [0.15, 0.2) is 24.3 Å².